The van der Waals surface area contributed by atoms with Gasteiger partial charge in [0.25, 0.3) is 5.56 Å². The Bertz CT molecular complexity index is 1780. The van der Waals surface area contributed by atoms with Gasteiger partial charge in [-0.1, -0.05) is 50.1 Å². The summed E-state index contributed by atoms with van der Waals surface area (Å²) in [5.74, 6) is 1.42. The minimum atomic E-state index is -0.462. The maximum atomic E-state index is 13.2. The van der Waals surface area contributed by atoms with Crippen LogP contribution in [0.5, 0.6) is 0 Å². The van der Waals surface area contributed by atoms with Crippen molar-refractivity contribution in [3.8, 4) is 11.4 Å². The van der Waals surface area contributed by atoms with Crippen LogP contribution in [0.1, 0.15) is 45.6 Å². The van der Waals surface area contributed by atoms with Gasteiger partial charge < -0.3 is 25.5 Å². The van der Waals surface area contributed by atoms with E-state index in [0.29, 0.717) is 23.9 Å². The quantitative estimate of drug-likeness (QED) is 0.255. The first-order valence-electron chi connectivity index (χ1n) is 15.2. The number of carbonyl (C=O) groups is 1. The molecule has 2 aromatic heterocycles. The fourth-order valence-corrected chi connectivity index (χ4v) is 7.09. The molecule has 0 spiro atoms. The molecule has 1 aliphatic heterocycles. The van der Waals surface area contributed by atoms with E-state index in [0.717, 1.165) is 65.4 Å². The third-order valence-electron chi connectivity index (χ3n) is 9.39. The molecule has 1 saturated carbocycles. The van der Waals surface area contributed by atoms with Crippen molar-refractivity contribution in [2.75, 3.05) is 29.9 Å². The second-order valence-corrected chi connectivity index (χ2v) is 13.9. The normalized spacial score (nSPS) is 24.8. The molecule has 4 atom stereocenters. The summed E-state index contributed by atoms with van der Waals surface area (Å²) in [6.45, 7) is 10.1. The van der Waals surface area contributed by atoms with E-state index in [9.17, 15) is 9.59 Å². The molecule has 4 unspecified atom stereocenters. The lowest BCUT2D eigenvalue weighted by atomic mass is 9.81. The molecule has 1 aromatic carbocycles. The van der Waals surface area contributed by atoms with Crippen LogP contribution in [0, 0.1) is 30.1 Å². The van der Waals surface area contributed by atoms with Crippen LogP contribution in [0.2, 0.25) is 0 Å². The lowest BCUT2D eigenvalue weighted by Gasteiger charge is -2.32. The van der Waals surface area contributed by atoms with Gasteiger partial charge in [-0.3, -0.25) is 14.6 Å². The monoisotopic (exact) mass is 599 g/mol. The topological polar surface area (TPSA) is 118 Å². The SMILES string of the molecule is Cc1cc(N2C=NCC2)cc2[nH]c(-c3c(NCC(C4=CC4)C4C=C(Cl)C5(NC(=O)C(C)(C)C)CC5C4)cc[nH]c3=O)nc12. The number of hydrogen-bond donors (Lipinski definition) is 4. The summed E-state index contributed by atoms with van der Waals surface area (Å²) in [6, 6.07) is 6.08. The van der Waals surface area contributed by atoms with Crippen molar-refractivity contribution in [1.82, 2.24) is 20.3 Å². The Morgan fingerprint density at radius 3 is 2.81 bits per heavy atom. The van der Waals surface area contributed by atoms with Crippen molar-refractivity contribution in [3.05, 3.63) is 63.1 Å². The van der Waals surface area contributed by atoms with Crippen LogP contribution in [0.15, 0.2) is 56.9 Å². The van der Waals surface area contributed by atoms with Crippen molar-refractivity contribution in [2.45, 2.75) is 52.5 Å². The summed E-state index contributed by atoms with van der Waals surface area (Å²) in [5, 5.41) is 7.62. The van der Waals surface area contributed by atoms with Crippen molar-refractivity contribution in [1.29, 1.82) is 0 Å². The van der Waals surface area contributed by atoms with Crippen LogP contribution in [0.4, 0.5) is 11.4 Å². The zero-order valence-corrected chi connectivity index (χ0v) is 25.8. The molecule has 3 aliphatic carbocycles. The highest BCUT2D eigenvalue weighted by Crippen LogP contribution is 2.59. The lowest BCUT2D eigenvalue weighted by Crippen LogP contribution is -2.46. The van der Waals surface area contributed by atoms with Gasteiger partial charge >= 0.3 is 0 Å². The second-order valence-electron chi connectivity index (χ2n) is 13.5. The van der Waals surface area contributed by atoms with Gasteiger partial charge in [0, 0.05) is 41.3 Å². The smallest absolute Gasteiger partial charge is 0.261 e. The third-order valence-corrected chi connectivity index (χ3v) is 9.86. The number of allylic oxidation sites excluding steroid dienone is 2. The van der Waals surface area contributed by atoms with E-state index in [1.54, 1.807) is 6.20 Å². The van der Waals surface area contributed by atoms with E-state index in [4.69, 9.17) is 16.6 Å². The Kier molecular flexibility index (Phi) is 6.57. The van der Waals surface area contributed by atoms with Crippen molar-refractivity contribution >= 4 is 46.3 Å². The molecule has 43 heavy (non-hydrogen) atoms. The summed E-state index contributed by atoms with van der Waals surface area (Å²) >= 11 is 6.91. The average molecular weight is 600 g/mol. The maximum absolute atomic E-state index is 13.2. The first kappa shape index (κ1) is 28.0. The number of hydrogen-bond acceptors (Lipinski definition) is 6. The Morgan fingerprint density at radius 1 is 1.30 bits per heavy atom. The Hall–Kier alpha value is -3.85. The van der Waals surface area contributed by atoms with Crippen LogP contribution in [0.25, 0.3) is 22.4 Å². The minimum Gasteiger partial charge on any atom is -0.384 e. The third kappa shape index (κ3) is 5.07. The summed E-state index contributed by atoms with van der Waals surface area (Å²) in [4.78, 5) is 43.6. The standard InChI is InChI=1S/C33H38ClN7O2/c1-18-11-22(41-10-9-35-17-41)14-25-28(18)39-29(38-25)27-24(7-8-36-30(27)42)37-16-23(19-5-6-19)20-12-21-15-33(21,26(34)13-20)40-31(43)32(2,3)4/h5,7-8,11,13-14,17,20-21,23H,6,9-10,12,15-16H2,1-4H3,(H,38,39)(H,40,43)(H2,36,37,42). The summed E-state index contributed by atoms with van der Waals surface area (Å²) in [6.07, 6.45) is 10.8. The predicted molar refractivity (Wildman–Crippen MR) is 173 cm³/mol. The van der Waals surface area contributed by atoms with E-state index >= 15 is 0 Å². The fourth-order valence-electron chi connectivity index (χ4n) is 6.65. The highest BCUT2D eigenvalue weighted by Gasteiger charge is 2.61. The van der Waals surface area contributed by atoms with Gasteiger partial charge in [-0.05, 0) is 61.8 Å². The number of nitrogens with zero attached hydrogens (tertiary/aromatic N) is 3. The molecular formula is C33H38ClN7O2. The van der Waals surface area contributed by atoms with Crippen LogP contribution in [0.3, 0.4) is 0 Å². The molecule has 1 fully saturated rings. The van der Waals surface area contributed by atoms with Gasteiger partial charge in [-0.25, -0.2) is 4.98 Å². The highest BCUT2D eigenvalue weighted by atomic mass is 35.5. The molecule has 0 radical (unpaired) electrons. The minimum absolute atomic E-state index is 0.0341. The number of rotatable bonds is 8. The zero-order chi connectivity index (χ0) is 30.1. The van der Waals surface area contributed by atoms with Gasteiger partial charge in [0.05, 0.1) is 35.1 Å². The van der Waals surface area contributed by atoms with Gasteiger partial charge in [0.15, 0.2) is 0 Å². The number of amides is 1. The number of imidazole rings is 1. The molecule has 7 rings (SSSR count). The largest absolute Gasteiger partial charge is 0.384 e. The number of anilines is 2. The number of fused-ring (bicyclic) bond motifs is 2. The molecule has 224 valence electrons. The van der Waals surface area contributed by atoms with Crippen LogP contribution in [-0.2, 0) is 4.79 Å². The number of pyridine rings is 1. The van der Waals surface area contributed by atoms with Gasteiger partial charge in [0.2, 0.25) is 5.91 Å². The van der Waals surface area contributed by atoms with Gasteiger partial charge in [-0.2, -0.15) is 0 Å². The first-order chi connectivity index (χ1) is 20.5. The van der Waals surface area contributed by atoms with E-state index in [1.807, 2.05) is 40.1 Å². The highest BCUT2D eigenvalue weighted by molar-refractivity contribution is 6.31. The number of carbonyl (C=O) groups excluding carboxylic acids is 1. The first-order valence-corrected chi connectivity index (χ1v) is 15.5. The molecule has 0 bridgehead atoms. The van der Waals surface area contributed by atoms with Crippen LogP contribution >= 0.6 is 11.6 Å². The molecule has 3 heterocycles. The average Bonchev–Trinajstić information content (AvgIpc) is 3.79. The van der Waals surface area contributed by atoms with E-state index in [2.05, 4.69) is 54.8 Å². The number of aromatic amines is 2. The summed E-state index contributed by atoms with van der Waals surface area (Å²) < 4.78 is 0. The van der Waals surface area contributed by atoms with Crippen molar-refractivity contribution in [2.24, 2.45) is 28.2 Å². The predicted octanol–water partition coefficient (Wildman–Crippen LogP) is 5.50. The van der Waals surface area contributed by atoms with Gasteiger partial charge in [-0.15, -0.1) is 0 Å². The number of halogens is 1. The van der Waals surface area contributed by atoms with E-state index in [1.165, 1.54) is 5.57 Å². The molecule has 1 amide bonds. The Balaban J connectivity index is 1.13. The number of H-pyrrole nitrogens is 2. The molecule has 3 aromatic rings. The maximum Gasteiger partial charge on any atom is 0.261 e. The molecule has 9 nitrogen and oxygen atoms in total. The number of nitrogens with one attached hydrogen (secondary N) is 4. The number of aliphatic imine (C=N–C) groups is 1. The Labute approximate surface area is 255 Å². The number of aryl methyl sites for hydroxylation is 1. The second kappa shape index (κ2) is 10.1. The zero-order valence-electron chi connectivity index (χ0n) is 25.1. The number of benzene rings is 1. The van der Waals surface area contributed by atoms with E-state index in [-0.39, 0.29) is 23.3 Å². The molecular weight excluding hydrogens is 562 g/mol. The van der Waals surface area contributed by atoms with Crippen LogP contribution < -0.4 is 21.1 Å². The van der Waals surface area contributed by atoms with Crippen molar-refractivity contribution in [3.63, 3.8) is 0 Å². The Morgan fingerprint density at radius 2 is 2.12 bits per heavy atom. The molecule has 10 heteroatoms. The summed E-state index contributed by atoms with van der Waals surface area (Å²) in [5.41, 5.74) is 5.40. The number of aromatic nitrogens is 3. The van der Waals surface area contributed by atoms with Crippen LogP contribution in [-0.4, -0.2) is 52.4 Å². The molecule has 0 saturated heterocycles. The van der Waals surface area contributed by atoms with Crippen molar-refractivity contribution < 1.29 is 4.79 Å². The van der Waals surface area contributed by atoms with E-state index < -0.39 is 11.0 Å². The van der Waals surface area contributed by atoms with Gasteiger partial charge in [0.1, 0.15) is 11.4 Å². The molecule has 4 N–H and O–H groups in total. The summed E-state index contributed by atoms with van der Waals surface area (Å²) in [7, 11) is 0. The lowest BCUT2D eigenvalue weighted by molar-refractivity contribution is -0.129. The fraction of sp³-hybridized carbons (Fsp3) is 0.455. The molecule has 4 aliphatic rings.